The largest absolute Gasteiger partial charge is 0.370 e. The number of hydrogen-bond acceptors (Lipinski definition) is 5. The Morgan fingerprint density at radius 3 is 2.43 bits per heavy atom. The van der Waals surface area contributed by atoms with E-state index in [4.69, 9.17) is 5.26 Å². The number of nitrogens with zero attached hydrogens (tertiary/aromatic N) is 4. The summed E-state index contributed by atoms with van der Waals surface area (Å²) in [5.74, 6) is 2.45. The first-order chi connectivity index (χ1) is 10.1. The number of nitriles is 1. The third kappa shape index (κ3) is 3.11. The number of rotatable bonds is 4. The first-order valence-electron chi connectivity index (χ1n) is 6.89. The van der Waals surface area contributed by atoms with Crippen molar-refractivity contribution in [1.82, 2.24) is 9.97 Å². The predicted octanol–water partition coefficient (Wildman–Crippen LogP) is 3.16. The van der Waals surface area contributed by atoms with Gasteiger partial charge in [0.05, 0.1) is 11.6 Å². The van der Waals surface area contributed by atoms with Crippen LogP contribution >= 0.6 is 0 Å². The van der Waals surface area contributed by atoms with Gasteiger partial charge in [-0.2, -0.15) is 5.26 Å². The summed E-state index contributed by atoms with van der Waals surface area (Å²) in [5.41, 5.74) is 2.64. The van der Waals surface area contributed by atoms with E-state index in [1.54, 1.807) is 12.1 Å². The van der Waals surface area contributed by atoms with Gasteiger partial charge in [-0.25, -0.2) is 9.97 Å². The Morgan fingerprint density at radius 1 is 1.19 bits per heavy atom. The highest BCUT2D eigenvalue weighted by atomic mass is 15.2. The van der Waals surface area contributed by atoms with Crippen molar-refractivity contribution in [3.05, 3.63) is 41.2 Å². The molecular formula is C16H19N5. The predicted molar refractivity (Wildman–Crippen MR) is 84.9 cm³/mol. The van der Waals surface area contributed by atoms with E-state index >= 15 is 0 Å². The molecule has 0 saturated heterocycles. The van der Waals surface area contributed by atoms with Crippen molar-refractivity contribution in [1.29, 1.82) is 5.26 Å². The van der Waals surface area contributed by atoms with E-state index in [-0.39, 0.29) is 0 Å². The molecule has 5 nitrogen and oxygen atoms in total. The van der Waals surface area contributed by atoms with Gasteiger partial charge in [-0.05, 0) is 45.0 Å². The Kier molecular flexibility index (Phi) is 4.39. The molecule has 2 aromatic rings. The molecule has 2 rings (SSSR count). The first kappa shape index (κ1) is 14.8. The van der Waals surface area contributed by atoms with Gasteiger partial charge in [0.1, 0.15) is 17.5 Å². The van der Waals surface area contributed by atoms with Crippen molar-refractivity contribution in [3.8, 4) is 6.07 Å². The summed E-state index contributed by atoms with van der Waals surface area (Å²) >= 11 is 0. The normalized spacial score (nSPS) is 10.0. The molecule has 0 spiro atoms. The zero-order chi connectivity index (χ0) is 15.4. The van der Waals surface area contributed by atoms with Crippen LogP contribution in [0.5, 0.6) is 0 Å². The molecule has 0 unspecified atom stereocenters. The van der Waals surface area contributed by atoms with E-state index in [0.717, 1.165) is 35.3 Å². The molecule has 0 aliphatic heterocycles. The summed E-state index contributed by atoms with van der Waals surface area (Å²) in [5, 5.41) is 12.1. The minimum absolute atomic E-state index is 0.649. The van der Waals surface area contributed by atoms with Crippen molar-refractivity contribution in [2.45, 2.75) is 20.8 Å². The second kappa shape index (κ2) is 6.23. The molecule has 1 heterocycles. The third-order valence-corrected chi connectivity index (χ3v) is 3.28. The van der Waals surface area contributed by atoms with E-state index in [1.165, 1.54) is 0 Å². The van der Waals surface area contributed by atoms with Crippen molar-refractivity contribution >= 4 is 17.3 Å². The van der Waals surface area contributed by atoms with Crippen LogP contribution in [0, 0.1) is 25.2 Å². The maximum absolute atomic E-state index is 8.87. The van der Waals surface area contributed by atoms with Crippen molar-refractivity contribution in [2.24, 2.45) is 0 Å². The molecule has 0 aliphatic carbocycles. The van der Waals surface area contributed by atoms with Crippen molar-refractivity contribution < 1.29 is 0 Å². The molecule has 0 bridgehead atoms. The highest BCUT2D eigenvalue weighted by Gasteiger charge is 2.13. The molecular weight excluding hydrogens is 262 g/mol. The van der Waals surface area contributed by atoms with Gasteiger partial charge in [-0.3, -0.25) is 0 Å². The molecule has 0 fully saturated rings. The summed E-state index contributed by atoms with van der Waals surface area (Å²) in [6.45, 7) is 6.75. The monoisotopic (exact) mass is 281 g/mol. The van der Waals surface area contributed by atoms with Crippen LogP contribution in [0.2, 0.25) is 0 Å². The van der Waals surface area contributed by atoms with Gasteiger partial charge in [-0.15, -0.1) is 0 Å². The number of aromatic nitrogens is 2. The Hall–Kier alpha value is -2.61. The quantitative estimate of drug-likeness (QED) is 0.932. The first-order valence-corrected chi connectivity index (χ1v) is 6.89. The zero-order valence-corrected chi connectivity index (χ0v) is 12.8. The average Bonchev–Trinajstić information content (AvgIpc) is 2.50. The maximum Gasteiger partial charge on any atom is 0.141 e. The summed E-state index contributed by atoms with van der Waals surface area (Å²) in [6, 6.07) is 9.58. The zero-order valence-electron chi connectivity index (χ0n) is 12.8. The number of hydrogen-bond donors (Lipinski definition) is 1. The fraction of sp³-hybridized carbons (Fsp3) is 0.312. The molecule has 108 valence electrons. The minimum Gasteiger partial charge on any atom is -0.370 e. The lowest BCUT2D eigenvalue weighted by Gasteiger charge is -2.22. The Labute approximate surface area is 125 Å². The van der Waals surface area contributed by atoms with Crippen LogP contribution in [0.1, 0.15) is 23.9 Å². The lowest BCUT2D eigenvalue weighted by atomic mass is 10.2. The number of benzene rings is 1. The molecule has 21 heavy (non-hydrogen) atoms. The standard InChI is InChI=1S/C16H19N5/c1-5-18-15-11(2)16(20-12(3)19-15)21(4)14-8-6-13(10-17)7-9-14/h6-9H,5H2,1-4H3,(H,18,19,20). The number of aryl methyl sites for hydroxylation is 1. The Bertz CT molecular complexity index is 670. The molecule has 0 aliphatic rings. The van der Waals surface area contributed by atoms with Gasteiger partial charge >= 0.3 is 0 Å². The Morgan fingerprint density at radius 2 is 1.86 bits per heavy atom. The lowest BCUT2D eigenvalue weighted by molar-refractivity contribution is 0.982. The highest BCUT2D eigenvalue weighted by molar-refractivity contribution is 5.67. The van der Waals surface area contributed by atoms with Crippen LogP contribution in [-0.4, -0.2) is 23.6 Å². The fourth-order valence-corrected chi connectivity index (χ4v) is 2.16. The van der Waals surface area contributed by atoms with Crippen LogP contribution in [0.25, 0.3) is 0 Å². The van der Waals surface area contributed by atoms with Crippen molar-refractivity contribution in [3.63, 3.8) is 0 Å². The van der Waals surface area contributed by atoms with Crippen LogP contribution in [-0.2, 0) is 0 Å². The smallest absolute Gasteiger partial charge is 0.141 e. The maximum atomic E-state index is 8.87. The van der Waals surface area contributed by atoms with Gasteiger partial charge in [0.25, 0.3) is 0 Å². The van der Waals surface area contributed by atoms with Gasteiger partial charge < -0.3 is 10.2 Å². The lowest BCUT2D eigenvalue weighted by Crippen LogP contribution is -2.16. The summed E-state index contributed by atoms with van der Waals surface area (Å²) in [6.07, 6.45) is 0. The van der Waals surface area contributed by atoms with Crippen LogP contribution in [0.3, 0.4) is 0 Å². The van der Waals surface area contributed by atoms with Gasteiger partial charge in [0.15, 0.2) is 0 Å². The molecule has 0 radical (unpaired) electrons. The summed E-state index contributed by atoms with van der Waals surface area (Å²) in [4.78, 5) is 11.0. The van der Waals surface area contributed by atoms with E-state index in [1.807, 2.05) is 44.9 Å². The third-order valence-electron chi connectivity index (χ3n) is 3.28. The van der Waals surface area contributed by atoms with Gasteiger partial charge in [-0.1, -0.05) is 0 Å². The van der Waals surface area contributed by atoms with Gasteiger partial charge in [0, 0.05) is 24.8 Å². The second-order valence-corrected chi connectivity index (χ2v) is 4.82. The summed E-state index contributed by atoms with van der Waals surface area (Å²) in [7, 11) is 1.96. The molecule has 1 aromatic carbocycles. The SMILES string of the molecule is CCNc1nc(C)nc(N(C)c2ccc(C#N)cc2)c1C. The van der Waals surface area contributed by atoms with E-state index in [9.17, 15) is 0 Å². The average molecular weight is 281 g/mol. The number of anilines is 3. The van der Waals surface area contributed by atoms with Crippen molar-refractivity contribution in [2.75, 3.05) is 23.8 Å². The highest BCUT2D eigenvalue weighted by Crippen LogP contribution is 2.28. The summed E-state index contributed by atoms with van der Waals surface area (Å²) < 4.78 is 0. The van der Waals surface area contributed by atoms with E-state index in [0.29, 0.717) is 5.56 Å². The van der Waals surface area contributed by atoms with Crippen LogP contribution in [0.15, 0.2) is 24.3 Å². The molecule has 0 saturated carbocycles. The molecule has 1 aromatic heterocycles. The Balaban J connectivity index is 2.42. The second-order valence-electron chi connectivity index (χ2n) is 4.82. The topological polar surface area (TPSA) is 64.8 Å². The van der Waals surface area contributed by atoms with Crippen LogP contribution < -0.4 is 10.2 Å². The minimum atomic E-state index is 0.649. The van der Waals surface area contributed by atoms with Crippen LogP contribution in [0.4, 0.5) is 17.3 Å². The van der Waals surface area contributed by atoms with E-state index < -0.39 is 0 Å². The van der Waals surface area contributed by atoms with Gasteiger partial charge in [0.2, 0.25) is 0 Å². The molecule has 1 N–H and O–H groups in total. The van der Waals surface area contributed by atoms with E-state index in [2.05, 4.69) is 21.4 Å². The fourth-order valence-electron chi connectivity index (χ4n) is 2.16. The molecule has 5 heteroatoms. The molecule has 0 amide bonds. The molecule has 0 atom stereocenters. The number of nitrogens with one attached hydrogen (secondary N) is 1.